The Kier molecular flexibility index (Phi) is 11.8. The van der Waals surface area contributed by atoms with Gasteiger partial charge in [-0.05, 0) is 54.8 Å². The molecule has 0 atom stereocenters. The lowest BCUT2D eigenvalue weighted by atomic mass is 9.97. The summed E-state index contributed by atoms with van der Waals surface area (Å²) in [6.45, 7) is 7.78. The lowest BCUT2D eigenvalue weighted by Gasteiger charge is -2.22. The van der Waals surface area contributed by atoms with Gasteiger partial charge in [-0.1, -0.05) is 38.1 Å². The molecular formula is C31H41N7O2. The first-order chi connectivity index (χ1) is 19.4. The van der Waals surface area contributed by atoms with Crippen LogP contribution in [0.2, 0.25) is 0 Å². The van der Waals surface area contributed by atoms with Gasteiger partial charge in [-0.3, -0.25) is 14.6 Å². The Morgan fingerprint density at radius 3 is 2.50 bits per heavy atom. The SMILES string of the molecule is CCCN(CCC)C(=O)C1=Cc2ccc(-c3ccc(C=O)c(/C=N\N(C)CCNCCC=N)c3)cc2N=C(N)C1. The molecule has 2 aromatic rings. The number of aliphatic imine (C=N–C) groups is 1. The number of aldehydes is 1. The van der Waals surface area contributed by atoms with E-state index in [1.165, 1.54) is 6.21 Å². The molecule has 0 saturated heterocycles. The standard InChI is InChI=1S/C31H41N7O2/c1-4-14-38(15-5-2)31(40)27-18-25-9-7-24(19-29(25)36-30(33)20-27)23-8-10-26(22-39)28(17-23)21-35-37(3)16-13-34-12-6-11-32/h7-11,17-19,21-22,32,34H,4-6,12-16,20H2,1-3H3,(H2,33,36)/b32-11?,35-21-. The fourth-order valence-corrected chi connectivity index (χ4v) is 4.50. The van der Waals surface area contributed by atoms with Gasteiger partial charge in [0.05, 0.1) is 11.9 Å². The van der Waals surface area contributed by atoms with E-state index >= 15 is 0 Å². The molecular weight excluding hydrogens is 502 g/mol. The topological polar surface area (TPSA) is 127 Å². The second-order valence-electron chi connectivity index (χ2n) is 9.85. The second kappa shape index (κ2) is 15.5. The third-order valence-corrected chi connectivity index (χ3v) is 6.56. The largest absolute Gasteiger partial charge is 0.387 e. The van der Waals surface area contributed by atoms with E-state index in [0.29, 0.717) is 60.7 Å². The minimum atomic E-state index is 0.0132. The molecule has 4 N–H and O–H groups in total. The maximum Gasteiger partial charge on any atom is 0.250 e. The lowest BCUT2D eigenvalue weighted by Crippen LogP contribution is -2.34. The van der Waals surface area contributed by atoms with Crippen LogP contribution in [-0.4, -0.2) is 80.1 Å². The van der Waals surface area contributed by atoms with Gasteiger partial charge in [-0.15, -0.1) is 0 Å². The van der Waals surface area contributed by atoms with Crippen LogP contribution in [-0.2, 0) is 4.79 Å². The van der Waals surface area contributed by atoms with Crippen LogP contribution in [0.15, 0.2) is 52.1 Å². The highest BCUT2D eigenvalue weighted by atomic mass is 16.2. The highest BCUT2D eigenvalue weighted by Crippen LogP contribution is 2.32. The van der Waals surface area contributed by atoms with E-state index in [2.05, 4.69) is 29.3 Å². The first-order valence-electron chi connectivity index (χ1n) is 13.9. The number of likely N-dealkylation sites (N-methyl/N-ethyl adjacent to an activating group) is 1. The van der Waals surface area contributed by atoms with Crippen molar-refractivity contribution in [1.29, 1.82) is 5.41 Å². The van der Waals surface area contributed by atoms with Crippen molar-refractivity contribution < 1.29 is 9.59 Å². The molecule has 0 saturated carbocycles. The van der Waals surface area contributed by atoms with Gasteiger partial charge in [-0.2, -0.15) is 5.10 Å². The summed E-state index contributed by atoms with van der Waals surface area (Å²) in [6, 6.07) is 11.6. The van der Waals surface area contributed by atoms with Gasteiger partial charge in [0.25, 0.3) is 0 Å². The van der Waals surface area contributed by atoms with Gasteiger partial charge in [0.2, 0.25) is 5.91 Å². The number of amides is 1. The van der Waals surface area contributed by atoms with E-state index < -0.39 is 0 Å². The van der Waals surface area contributed by atoms with Crippen LogP contribution in [0.1, 0.15) is 61.0 Å². The van der Waals surface area contributed by atoms with Gasteiger partial charge in [-0.25, -0.2) is 4.99 Å². The lowest BCUT2D eigenvalue weighted by molar-refractivity contribution is -0.127. The Bertz CT molecular complexity index is 1280. The smallest absolute Gasteiger partial charge is 0.250 e. The summed E-state index contributed by atoms with van der Waals surface area (Å²) in [7, 11) is 1.88. The molecule has 1 amide bonds. The van der Waals surface area contributed by atoms with Crippen molar-refractivity contribution in [3.8, 4) is 11.1 Å². The molecule has 2 aromatic carbocycles. The van der Waals surface area contributed by atoms with Gasteiger partial charge < -0.3 is 21.4 Å². The van der Waals surface area contributed by atoms with E-state index in [-0.39, 0.29) is 5.91 Å². The Labute approximate surface area is 237 Å². The molecule has 0 aliphatic carbocycles. The van der Waals surface area contributed by atoms with Crippen LogP contribution in [0, 0.1) is 5.41 Å². The molecule has 9 heteroatoms. The van der Waals surface area contributed by atoms with Crippen molar-refractivity contribution in [3.63, 3.8) is 0 Å². The molecule has 1 aliphatic rings. The summed E-state index contributed by atoms with van der Waals surface area (Å²) in [5.41, 5.74) is 11.6. The zero-order valence-electron chi connectivity index (χ0n) is 23.8. The fraction of sp³-hybridized carbons (Fsp3) is 0.387. The number of nitrogens with zero attached hydrogens (tertiary/aromatic N) is 4. The number of carbonyl (C=O) groups is 2. The second-order valence-corrected chi connectivity index (χ2v) is 9.85. The normalized spacial score (nSPS) is 12.8. The first-order valence-corrected chi connectivity index (χ1v) is 13.9. The summed E-state index contributed by atoms with van der Waals surface area (Å²) < 4.78 is 0. The van der Waals surface area contributed by atoms with Crippen molar-refractivity contribution in [2.75, 3.05) is 39.8 Å². The van der Waals surface area contributed by atoms with Crippen LogP contribution < -0.4 is 11.1 Å². The van der Waals surface area contributed by atoms with Crippen molar-refractivity contribution in [3.05, 3.63) is 58.7 Å². The van der Waals surface area contributed by atoms with Crippen molar-refractivity contribution >= 4 is 42.2 Å². The summed E-state index contributed by atoms with van der Waals surface area (Å²) >= 11 is 0. The average Bonchev–Trinajstić information content (AvgIpc) is 3.12. The molecule has 0 radical (unpaired) electrons. The molecule has 1 aliphatic heterocycles. The number of rotatable bonds is 15. The monoisotopic (exact) mass is 543 g/mol. The first kappa shape index (κ1) is 30.4. The van der Waals surface area contributed by atoms with E-state index in [1.54, 1.807) is 12.3 Å². The number of hydrazone groups is 1. The highest BCUT2D eigenvalue weighted by Gasteiger charge is 2.21. The van der Waals surface area contributed by atoms with E-state index in [4.69, 9.17) is 11.1 Å². The predicted octanol–water partition coefficient (Wildman–Crippen LogP) is 4.49. The molecule has 40 heavy (non-hydrogen) atoms. The number of fused-ring (bicyclic) bond motifs is 1. The van der Waals surface area contributed by atoms with Crippen LogP contribution in [0.5, 0.6) is 0 Å². The number of benzene rings is 2. The Hall–Kier alpha value is -4.11. The molecule has 0 aromatic heterocycles. The van der Waals surface area contributed by atoms with Crippen molar-refractivity contribution in [1.82, 2.24) is 15.2 Å². The predicted molar refractivity (Wildman–Crippen MR) is 165 cm³/mol. The van der Waals surface area contributed by atoms with E-state index in [9.17, 15) is 9.59 Å². The highest BCUT2D eigenvalue weighted by molar-refractivity contribution is 6.05. The zero-order valence-corrected chi connectivity index (χ0v) is 23.8. The summed E-state index contributed by atoms with van der Waals surface area (Å²) in [6.07, 6.45) is 8.64. The zero-order chi connectivity index (χ0) is 28.9. The molecule has 0 bridgehead atoms. The van der Waals surface area contributed by atoms with Gasteiger partial charge in [0.1, 0.15) is 5.84 Å². The molecule has 0 spiro atoms. The quantitative estimate of drug-likeness (QED) is 0.132. The molecule has 1 heterocycles. The molecule has 9 nitrogen and oxygen atoms in total. The molecule has 0 fully saturated rings. The van der Waals surface area contributed by atoms with Crippen molar-refractivity contribution in [2.45, 2.75) is 39.5 Å². The molecule has 0 unspecified atom stereocenters. The number of hydrogen-bond donors (Lipinski definition) is 3. The number of carbonyl (C=O) groups excluding carboxylic acids is 2. The molecule has 212 valence electrons. The number of amidine groups is 1. The summed E-state index contributed by atoms with van der Waals surface area (Å²) in [5, 5.41) is 16.6. The fourth-order valence-electron chi connectivity index (χ4n) is 4.50. The Balaban J connectivity index is 1.85. The Morgan fingerprint density at radius 2 is 1.80 bits per heavy atom. The van der Waals surface area contributed by atoms with Gasteiger partial charge >= 0.3 is 0 Å². The Morgan fingerprint density at radius 1 is 1.07 bits per heavy atom. The third kappa shape index (κ3) is 8.44. The van der Waals surface area contributed by atoms with Crippen LogP contribution in [0.25, 0.3) is 17.2 Å². The maximum atomic E-state index is 13.3. The number of nitrogens with two attached hydrogens (primary N) is 1. The summed E-state index contributed by atoms with van der Waals surface area (Å²) in [4.78, 5) is 31.5. The maximum absolute atomic E-state index is 13.3. The number of nitrogens with one attached hydrogen (secondary N) is 2. The minimum Gasteiger partial charge on any atom is -0.387 e. The molecule has 3 rings (SSSR count). The third-order valence-electron chi connectivity index (χ3n) is 6.56. The van der Waals surface area contributed by atoms with Gasteiger partial charge in [0, 0.05) is 68.5 Å². The van der Waals surface area contributed by atoms with Crippen LogP contribution in [0.3, 0.4) is 0 Å². The van der Waals surface area contributed by atoms with E-state index in [1.807, 2.05) is 53.4 Å². The van der Waals surface area contributed by atoms with Crippen molar-refractivity contribution in [2.24, 2.45) is 15.8 Å². The average molecular weight is 544 g/mol. The summed E-state index contributed by atoms with van der Waals surface area (Å²) in [5.74, 6) is 0.419. The van der Waals surface area contributed by atoms with Crippen LogP contribution >= 0.6 is 0 Å². The number of hydrogen-bond acceptors (Lipinski definition) is 8. The minimum absolute atomic E-state index is 0.0132. The van der Waals surface area contributed by atoms with Gasteiger partial charge in [0.15, 0.2) is 6.29 Å². The van der Waals surface area contributed by atoms with Crippen LogP contribution in [0.4, 0.5) is 5.69 Å². The van der Waals surface area contributed by atoms with E-state index in [0.717, 1.165) is 48.9 Å².